The van der Waals surface area contributed by atoms with Gasteiger partial charge in [-0.2, -0.15) is 4.98 Å². The number of fused-ring (bicyclic) bond motifs is 3. The summed E-state index contributed by atoms with van der Waals surface area (Å²) in [6.45, 7) is 6.63. The third kappa shape index (κ3) is 3.49. The van der Waals surface area contributed by atoms with Crippen molar-refractivity contribution in [1.82, 2.24) is 15.2 Å². The summed E-state index contributed by atoms with van der Waals surface area (Å²) >= 11 is 1.45. The summed E-state index contributed by atoms with van der Waals surface area (Å²) in [6.07, 6.45) is 1.57. The Labute approximate surface area is 163 Å². The highest BCUT2D eigenvalue weighted by Crippen LogP contribution is 2.39. The number of nitrogens with zero attached hydrogens (tertiary/aromatic N) is 3. The van der Waals surface area contributed by atoms with Crippen LogP contribution in [0.2, 0.25) is 0 Å². The normalized spacial score (nSPS) is 15.8. The maximum Gasteiger partial charge on any atom is 0.247 e. The average molecular weight is 379 g/mol. The summed E-state index contributed by atoms with van der Waals surface area (Å²) in [6, 6.07) is 16.5. The highest BCUT2D eigenvalue weighted by molar-refractivity contribution is 7.98. The fourth-order valence-electron chi connectivity index (χ4n) is 3.04. The summed E-state index contributed by atoms with van der Waals surface area (Å²) in [7, 11) is 0. The van der Waals surface area contributed by atoms with Gasteiger partial charge in [0.1, 0.15) is 0 Å². The molecular formula is C21H22N4OS. The van der Waals surface area contributed by atoms with Crippen molar-refractivity contribution in [2.75, 3.05) is 11.6 Å². The molecule has 0 saturated carbocycles. The monoisotopic (exact) mass is 378 g/mol. The van der Waals surface area contributed by atoms with E-state index in [2.05, 4.69) is 65.5 Å². The number of para-hydroxylation sites is 1. The summed E-state index contributed by atoms with van der Waals surface area (Å²) in [5, 5.41) is 12.6. The number of hydrogen-bond acceptors (Lipinski definition) is 6. The summed E-state index contributed by atoms with van der Waals surface area (Å²) in [4.78, 5) is 4.55. The molecule has 0 unspecified atom stereocenters. The molecule has 2 aromatic carbocycles. The van der Waals surface area contributed by atoms with Gasteiger partial charge in [-0.25, -0.2) is 0 Å². The van der Waals surface area contributed by atoms with E-state index in [0.717, 1.165) is 16.8 Å². The highest BCUT2D eigenvalue weighted by Gasteiger charge is 2.26. The molecule has 0 amide bonds. The summed E-state index contributed by atoms with van der Waals surface area (Å²) < 4.78 is 6.26. The van der Waals surface area contributed by atoms with Crippen molar-refractivity contribution in [3.8, 4) is 17.1 Å². The van der Waals surface area contributed by atoms with Crippen LogP contribution in [0.15, 0.2) is 53.7 Å². The lowest BCUT2D eigenvalue weighted by Crippen LogP contribution is -2.18. The lowest BCUT2D eigenvalue weighted by Gasteiger charge is -2.22. The van der Waals surface area contributed by atoms with Gasteiger partial charge in [0, 0.05) is 16.8 Å². The molecule has 4 rings (SSSR count). The molecule has 3 aromatic rings. The topological polar surface area (TPSA) is 59.9 Å². The van der Waals surface area contributed by atoms with E-state index < -0.39 is 0 Å². The van der Waals surface area contributed by atoms with Crippen molar-refractivity contribution in [1.29, 1.82) is 0 Å². The Hall–Kier alpha value is -2.60. The molecule has 5 nitrogen and oxygen atoms in total. The van der Waals surface area contributed by atoms with Crippen LogP contribution < -0.4 is 10.1 Å². The molecule has 0 fully saturated rings. The number of anilines is 1. The second-order valence-corrected chi connectivity index (χ2v) is 8.29. The average Bonchev–Trinajstić information content (AvgIpc) is 2.83. The molecule has 0 spiro atoms. The maximum absolute atomic E-state index is 6.26. The molecule has 1 aromatic heterocycles. The quantitative estimate of drug-likeness (QED) is 0.629. The minimum atomic E-state index is -0.354. The van der Waals surface area contributed by atoms with Gasteiger partial charge in [-0.15, -0.1) is 10.2 Å². The minimum Gasteiger partial charge on any atom is -0.448 e. The molecule has 0 saturated heterocycles. The Morgan fingerprint density at radius 2 is 1.74 bits per heavy atom. The van der Waals surface area contributed by atoms with Crippen LogP contribution in [0.5, 0.6) is 5.88 Å². The largest absolute Gasteiger partial charge is 0.448 e. The van der Waals surface area contributed by atoms with Crippen LogP contribution in [-0.4, -0.2) is 21.4 Å². The zero-order chi connectivity index (χ0) is 19.0. The first-order valence-electron chi connectivity index (χ1n) is 8.87. The lowest BCUT2D eigenvalue weighted by atomic mass is 9.86. The molecule has 1 aliphatic rings. The second kappa shape index (κ2) is 6.85. The smallest absolute Gasteiger partial charge is 0.247 e. The molecule has 1 atom stereocenters. The number of hydrogen-bond donors (Lipinski definition) is 1. The van der Waals surface area contributed by atoms with Gasteiger partial charge in [0.25, 0.3) is 0 Å². The zero-order valence-electron chi connectivity index (χ0n) is 15.9. The molecule has 6 heteroatoms. The van der Waals surface area contributed by atoms with E-state index in [4.69, 9.17) is 4.74 Å². The predicted molar refractivity (Wildman–Crippen MR) is 109 cm³/mol. The molecular weight excluding hydrogens is 356 g/mol. The number of benzene rings is 2. The second-order valence-electron chi connectivity index (χ2n) is 7.51. The third-order valence-corrected chi connectivity index (χ3v) is 5.13. The zero-order valence-corrected chi connectivity index (χ0v) is 16.7. The van der Waals surface area contributed by atoms with Crippen molar-refractivity contribution >= 4 is 17.4 Å². The number of aromatic nitrogens is 3. The standard InChI is InChI=1S/C21H22N4OS/c1-21(2,3)14-11-9-13(10-12-14)18-22-16-8-6-5-7-15(16)17-19(26-18)23-20(27-4)25-24-17/h5-12,18,22H,1-4H3/t18-/m1/s1. The van der Waals surface area contributed by atoms with Crippen molar-refractivity contribution < 1.29 is 4.74 Å². The van der Waals surface area contributed by atoms with Crippen LogP contribution in [0.1, 0.15) is 38.1 Å². The summed E-state index contributed by atoms with van der Waals surface area (Å²) in [5.74, 6) is 0.497. The highest BCUT2D eigenvalue weighted by atomic mass is 32.2. The van der Waals surface area contributed by atoms with Crippen LogP contribution in [0, 0.1) is 0 Å². The van der Waals surface area contributed by atoms with Crippen molar-refractivity contribution in [3.05, 3.63) is 59.7 Å². The molecule has 1 N–H and O–H groups in total. The van der Waals surface area contributed by atoms with Gasteiger partial charge >= 0.3 is 0 Å². The third-order valence-electron chi connectivity index (χ3n) is 4.60. The van der Waals surface area contributed by atoms with E-state index in [0.29, 0.717) is 16.7 Å². The fourth-order valence-corrected chi connectivity index (χ4v) is 3.34. The first-order chi connectivity index (χ1) is 13.0. The number of nitrogens with one attached hydrogen (secondary N) is 1. The minimum absolute atomic E-state index is 0.111. The van der Waals surface area contributed by atoms with Gasteiger partial charge in [-0.1, -0.05) is 75.0 Å². The van der Waals surface area contributed by atoms with E-state index >= 15 is 0 Å². The number of rotatable bonds is 2. The molecule has 2 heterocycles. The lowest BCUT2D eigenvalue weighted by molar-refractivity contribution is 0.225. The SMILES string of the molecule is CSc1nnc2c(n1)O[C@H](c1ccc(C(C)(C)C)cc1)Nc1ccccc1-2. The van der Waals surface area contributed by atoms with E-state index in [1.54, 1.807) is 0 Å². The first-order valence-corrected chi connectivity index (χ1v) is 10.1. The van der Waals surface area contributed by atoms with Gasteiger partial charge in [0.15, 0.2) is 11.9 Å². The predicted octanol–water partition coefficient (Wildman–Crippen LogP) is 5.06. The number of ether oxygens (including phenoxy) is 1. The van der Waals surface area contributed by atoms with E-state index in [-0.39, 0.29) is 11.6 Å². The van der Waals surface area contributed by atoms with Crippen molar-refractivity contribution in [2.24, 2.45) is 0 Å². The van der Waals surface area contributed by atoms with Crippen LogP contribution in [0.25, 0.3) is 11.3 Å². The fraction of sp³-hybridized carbons (Fsp3) is 0.286. The van der Waals surface area contributed by atoms with Crippen LogP contribution in [-0.2, 0) is 5.41 Å². The molecule has 1 aliphatic heterocycles. The molecule has 0 radical (unpaired) electrons. The van der Waals surface area contributed by atoms with E-state index in [1.165, 1.54) is 17.3 Å². The van der Waals surface area contributed by atoms with Gasteiger partial charge in [0.05, 0.1) is 0 Å². The first kappa shape index (κ1) is 17.8. The number of thioether (sulfide) groups is 1. The Morgan fingerprint density at radius 3 is 2.44 bits per heavy atom. The van der Waals surface area contributed by atoms with Gasteiger partial charge in [0.2, 0.25) is 11.0 Å². The van der Waals surface area contributed by atoms with E-state index in [9.17, 15) is 0 Å². The Kier molecular flexibility index (Phi) is 4.52. The van der Waals surface area contributed by atoms with Crippen molar-refractivity contribution in [2.45, 2.75) is 37.6 Å². The molecule has 138 valence electrons. The van der Waals surface area contributed by atoms with Crippen LogP contribution in [0.3, 0.4) is 0 Å². The van der Waals surface area contributed by atoms with Crippen LogP contribution >= 0.6 is 11.8 Å². The summed E-state index contributed by atoms with van der Waals surface area (Å²) in [5.41, 5.74) is 4.98. The Morgan fingerprint density at radius 1 is 1.00 bits per heavy atom. The molecule has 27 heavy (non-hydrogen) atoms. The van der Waals surface area contributed by atoms with Crippen molar-refractivity contribution in [3.63, 3.8) is 0 Å². The van der Waals surface area contributed by atoms with Gasteiger partial charge < -0.3 is 10.1 Å². The van der Waals surface area contributed by atoms with Gasteiger partial charge in [-0.05, 0) is 23.3 Å². The Balaban J connectivity index is 1.78. The van der Waals surface area contributed by atoms with E-state index in [1.807, 2.05) is 30.5 Å². The Bertz CT molecular complexity index is 967. The molecule has 0 bridgehead atoms. The maximum atomic E-state index is 6.26. The van der Waals surface area contributed by atoms with Crippen LogP contribution in [0.4, 0.5) is 5.69 Å². The molecule has 0 aliphatic carbocycles. The van der Waals surface area contributed by atoms with Gasteiger partial charge in [-0.3, -0.25) is 0 Å².